The van der Waals surface area contributed by atoms with E-state index < -0.39 is 22.1 Å². The first-order valence-corrected chi connectivity index (χ1v) is 11.9. The average Bonchev–Trinajstić information content (AvgIpc) is 2.85. The number of amides is 2. The van der Waals surface area contributed by atoms with E-state index in [9.17, 15) is 22.8 Å². The van der Waals surface area contributed by atoms with Gasteiger partial charge >= 0.3 is 6.16 Å². The molecule has 0 saturated heterocycles. The number of pyridine rings is 1. The van der Waals surface area contributed by atoms with Crippen LogP contribution in [0.2, 0.25) is 0 Å². The van der Waals surface area contributed by atoms with Gasteiger partial charge in [-0.1, -0.05) is 42.5 Å². The van der Waals surface area contributed by atoms with Crippen LogP contribution in [0.4, 0.5) is 4.79 Å². The number of ether oxygens (including phenoxy) is 2. The van der Waals surface area contributed by atoms with Crippen LogP contribution >= 0.6 is 0 Å². The van der Waals surface area contributed by atoms with Gasteiger partial charge in [-0.25, -0.2) is 22.9 Å². The van der Waals surface area contributed by atoms with Crippen molar-refractivity contribution in [2.24, 2.45) is 0 Å². The Bertz CT molecular complexity index is 1280. The van der Waals surface area contributed by atoms with E-state index in [1.54, 1.807) is 12.1 Å². The smallest absolute Gasteiger partial charge is 0.437 e. The molecule has 1 heterocycles. The van der Waals surface area contributed by atoms with Gasteiger partial charge in [0, 0.05) is 18.8 Å². The Balaban J connectivity index is 1.51. The number of carbonyl (C=O) groups excluding carboxylic acids is 3. The second kappa shape index (κ2) is 11.7. The lowest BCUT2D eigenvalue weighted by atomic mass is 10.1. The lowest BCUT2D eigenvalue weighted by Crippen LogP contribution is -2.30. The van der Waals surface area contributed by atoms with Crippen LogP contribution in [0.15, 0.2) is 77.8 Å². The molecule has 3 aromatic rings. The number of nitrogens with zero attached hydrogens (tertiary/aromatic N) is 1. The number of sulfonamides is 1. The first-order chi connectivity index (χ1) is 16.8. The molecule has 0 bridgehead atoms. The van der Waals surface area contributed by atoms with Crippen LogP contribution < -0.4 is 14.8 Å². The summed E-state index contributed by atoms with van der Waals surface area (Å²) in [6.45, 7) is 0.400. The van der Waals surface area contributed by atoms with Crippen molar-refractivity contribution < 1.29 is 32.3 Å². The molecule has 35 heavy (non-hydrogen) atoms. The maximum Gasteiger partial charge on any atom is 0.514 e. The summed E-state index contributed by atoms with van der Waals surface area (Å²) in [4.78, 5) is 39.1. The molecule has 0 aliphatic heterocycles. The van der Waals surface area contributed by atoms with Crippen LogP contribution in [-0.4, -0.2) is 45.0 Å². The van der Waals surface area contributed by atoms with Crippen LogP contribution in [-0.2, 0) is 32.4 Å². The molecule has 0 fully saturated rings. The van der Waals surface area contributed by atoms with Gasteiger partial charge in [0.05, 0.1) is 24.0 Å². The molecular weight excluding hydrogens is 474 g/mol. The summed E-state index contributed by atoms with van der Waals surface area (Å²) in [6.07, 6.45) is 0.890. The highest BCUT2D eigenvalue weighted by Gasteiger charge is 2.19. The van der Waals surface area contributed by atoms with Gasteiger partial charge in [-0.2, -0.15) is 0 Å². The van der Waals surface area contributed by atoms with Crippen molar-refractivity contribution in [1.82, 2.24) is 15.0 Å². The van der Waals surface area contributed by atoms with Gasteiger partial charge in [0.25, 0.3) is 15.9 Å². The summed E-state index contributed by atoms with van der Waals surface area (Å²) < 4.78 is 36.1. The Morgan fingerprint density at radius 1 is 0.914 bits per heavy atom. The third-order valence-electron chi connectivity index (χ3n) is 4.76. The number of aromatic nitrogens is 1. The Morgan fingerprint density at radius 2 is 1.63 bits per heavy atom. The molecule has 182 valence electrons. The van der Waals surface area contributed by atoms with Crippen molar-refractivity contribution in [2.75, 3.05) is 13.7 Å². The monoisotopic (exact) mass is 497 g/mol. The summed E-state index contributed by atoms with van der Waals surface area (Å²) in [7, 11) is -3.00. The van der Waals surface area contributed by atoms with E-state index in [0.717, 1.165) is 24.4 Å². The number of carbonyl (C=O) groups is 3. The van der Waals surface area contributed by atoms with Crippen LogP contribution in [0.5, 0.6) is 5.88 Å². The molecule has 0 aliphatic carbocycles. The second-order valence-electron chi connectivity index (χ2n) is 7.28. The van der Waals surface area contributed by atoms with E-state index in [0.29, 0.717) is 13.0 Å². The Hall–Kier alpha value is -4.25. The topological polar surface area (TPSA) is 141 Å². The quantitative estimate of drug-likeness (QED) is 0.429. The fourth-order valence-corrected chi connectivity index (χ4v) is 3.94. The van der Waals surface area contributed by atoms with Crippen molar-refractivity contribution in [3.8, 4) is 5.88 Å². The van der Waals surface area contributed by atoms with Crippen molar-refractivity contribution in [1.29, 1.82) is 0 Å². The van der Waals surface area contributed by atoms with E-state index in [1.807, 2.05) is 35.1 Å². The molecule has 0 aliphatic rings. The van der Waals surface area contributed by atoms with Crippen molar-refractivity contribution in [2.45, 2.75) is 17.7 Å². The molecular formula is C24H23N3O7S. The van der Waals surface area contributed by atoms with E-state index in [-0.39, 0.29) is 28.7 Å². The minimum Gasteiger partial charge on any atom is -0.437 e. The fourth-order valence-electron chi connectivity index (χ4n) is 2.97. The molecule has 1 aromatic heterocycles. The number of rotatable bonds is 9. The van der Waals surface area contributed by atoms with Crippen molar-refractivity contribution in [3.63, 3.8) is 0 Å². The number of methoxy groups -OCH3 is 1. The van der Waals surface area contributed by atoms with Crippen LogP contribution in [0.1, 0.15) is 21.5 Å². The standard InChI is InChI=1S/C24H23N3O7S/c1-33-24(30)34-22-12-9-19(16-26-22)23(29)27-35(31,32)20-10-7-17(8-11-20)13-14-25-21(28)15-18-5-3-2-4-6-18/h2-12,16H,13-15H2,1H3,(H,25,28)(H,27,29). The zero-order valence-corrected chi connectivity index (χ0v) is 19.6. The molecule has 0 saturated carbocycles. The highest BCUT2D eigenvalue weighted by atomic mass is 32.2. The van der Waals surface area contributed by atoms with Crippen molar-refractivity contribution >= 4 is 28.0 Å². The van der Waals surface area contributed by atoms with Gasteiger partial charge in [0.2, 0.25) is 11.8 Å². The van der Waals surface area contributed by atoms with E-state index in [1.165, 1.54) is 24.3 Å². The predicted molar refractivity (Wildman–Crippen MR) is 125 cm³/mol. The minimum atomic E-state index is -4.13. The van der Waals surface area contributed by atoms with E-state index >= 15 is 0 Å². The highest BCUT2D eigenvalue weighted by Crippen LogP contribution is 2.13. The van der Waals surface area contributed by atoms with Gasteiger partial charge in [0.1, 0.15) is 0 Å². The SMILES string of the molecule is COC(=O)Oc1ccc(C(=O)NS(=O)(=O)c2ccc(CCNC(=O)Cc3ccccc3)cc2)cn1. The molecule has 0 radical (unpaired) electrons. The lowest BCUT2D eigenvalue weighted by molar-refractivity contribution is -0.120. The van der Waals surface area contributed by atoms with Gasteiger partial charge < -0.3 is 14.8 Å². The summed E-state index contributed by atoms with van der Waals surface area (Å²) in [6, 6.07) is 17.8. The second-order valence-corrected chi connectivity index (χ2v) is 8.96. The van der Waals surface area contributed by atoms with E-state index in [2.05, 4.69) is 15.0 Å². The zero-order chi connectivity index (χ0) is 25.3. The fraction of sp³-hybridized carbons (Fsp3) is 0.167. The summed E-state index contributed by atoms with van der Waals surface area (Å²) in [5, 5.41) is 2.83. The third kappa shape index (κ3) is 7.64. The molecule has 0 spiro atoms. The van der Waals surface area contributed by atoms with Crippen molar-refractivity contribution in [3.05, 3.63) is 89.6 Å². The molecule has 0 atom stereocenters. The molecule has 2 N–H and O–H groups in total. The molecule has 3 rings (SSSR count). The maximum absolute atomic E-state index is 12.6. The predicted octanol–water partition coefficient (Wildman–Crippen LogP) is 2.25. The Kier molecular flexibility index (Phi) is 8.52. The Labute approximate surface area is 202 Å². The third-order valence-corrected chi connectivity index (χ3v) is 6.10. The Morgan fingerprint density at radius 3 is 2.26 bits per heavy atom. The molecule has 2 aromatic carbocycles. The van der Waals surface area contributed by atoms with Gasteiger partial charge in [-0.15, -0.1) is 0 Å². The largest absolute Gasteiger partial charge is 0.514 e. The minimum absolute atomic E-state index is 0.0475. The number of benzene rings is 2. The summed E-state index contributed by atoms with van der Waals surface area (Å²) in [5.74, 6) is -1.10. The van der Waals surface area contributed by atoms with Crippen LogP contribution in [0.3, 0.4) is 0 Å². The first-order valence-electron chi connectivity index (χ1n) is 10.5. The first kappa shape index (κ1) is 25.4. The normalized spacial score (nSPS) is 10.8. The number of hydrogen-bond acceptors (Lipinski definition) is 8. The molecule has 11 heteroatoms. The van der Waals surface area contributed by atoms with Crippen LogP contribution in [0.25, 0.3) is 0 Å². The average molecular weight is 498 g/mol. The molecule has 2 amide bonds. The van der Waals surface area contributed by atoms with E-state index in [4.69, 9.17) is 4.74 Å². The number of nitrogens with one attached hydrogen (secondary N) is 2. The van der Waals surface area contributed by atoms with Gasteiger partial charge in [-0.05, 0) is 35.7 Å². The number of hydrogen-bond donors (Lipinski definition) is 2. The zero-order valence-electron chi connectivity index (χ0n) is 18.8. The summed E-state index contributed by atoms with van der Waals surface area (Å²) >= 11 is 0. The molecule has 10 nitrogen and oxygen atoms in total. The molecule has 0 unspecified atom stereocenters. The van der Waals surface area contributed by atoms with Gasteiger partial charge in [0.15, 0.2) is 0 Å². The maximum atomic E-state index is 12.6. The summed E-state index contributed by atoms with van der Waals surface area (Å²) in [5.41, 5.74) is 1.69. The van der Waals surface area contributed by atoms with Crippen LogP contribution in [0, 0.1) is 0 Å². The highest BCUT2D eigenvalue weighted by molar-refractivity contribution is 7.90. The lowest BCUT2D eigenvalue weighted by Gasteiger charge is -2.09. The van der Waals surface area contributed by atoms with Gasteiger partial charge in [-0.3, -0.25) is 9.59 Å².